The van der Waals surface area contributed by atoms with E-state index in [4.69, 9.17) is 19.2 Å². The first-order valence-electron chi connectivity index (χ1n) is 12.0. The van der Waals surface area contributed by atoms with Gasteiger partial charge < -0.3 is 24.0 Å². The van der Waals surface area contributed by atoms with Gasteiger partial charge in [-0.25, -0.2) is 14.6 Å². The maximum atomic E-state index is 12.8. The van der Waals surface area contributed by atoms with E-state index in [9.17, 15) is 9.59 Å². The Morgan fingerprint density at radius 2 is 1.58 bits per heavy atom. The summed E-state index contributed by atoms with van der Waals surface area (Å²) >= 11 is 1.31. The summed E-state index contributed by atoms with van der Waals surface area (Å²) in [6, 6.07) is 17.0. The first-order valence-corrected chi connectivity index (χ1v) is 12.8. The monoisotopic (exact) mass is 509 g/mol. The Morgan fingerprint density at radius 1 is 0.944 bits per heavy atom. The number of ether oxygens (including phenoxy) is 3. The topological polar surface area (TPSA) is 81.2 Å². The zero-order valence-corrected chi connectivity index (χ0v) is 21.8. The van der Waals surface area contributed by atoms with Crippen LogP contribution in [0, 0.1) is 0 Å². The second-order valence-corrected chi connectivity index (χ2v) is 10.3. The molecular weight excluding hydrogens is 478 g/mol. The Labute approximate surface area is 215 Å². The predicted molar refractivity (Wildman–Crippen MR) is 140 cm³/mol. The molecule has 36 heavy (non-hydrogen) atoms. The fourth-order valence-corrected chi connectivity index (χ4v) is 4.72. The van der Waals surface area contributed by atoms with Crippen LogP contribution >= 0.6 is 11.3 Å². The average molecular weight is 510 g/mol. The van der Waals surface area contributed by atoms with Crippen LogP contribution in [0.3, 0.4) is 0 Å². The molecule has 0 spiro atoms. The molecule has 1 aliphatic rings. The highest BCUT2D eigenvalue weighted by Gasteiger charge is 2.29. The minimum atomic E-state index is -0.533. The molecule has 0 bridgehead atoms. The molecule has 2 heterocycles. The summed E-state index contributed by atoms with van der Waals surface area (Å²) < 4.78 is 16.7. The lowest BCUT2D eigenvalue weighted by Crippen LogP contribution is -2.50. The number of hydrogen-bond donors (Lipinski definition) is 0. The molecule has 4 rings (SSSR count). The number of benzene rings is 2. The van der Waals surface area contributed by atoms with Crippen LogP contribution in [0.2, 0.25) is 0 Å². The lowest BCUT2D eigenvalue weighted by Gasteiger charge is -2.35. The fraction of sp³-hybridized carbons (Fsp3) is 0.370. The molecule has 1 saturated heterocycles. The number of aromatic nitrogens is 1. The number of carbonyl (C=O) groups excluding carboxylic acids is 2. The number of rotatable bonds is 6. The minimum absolute atomic E-state index is 0.282. The van der Waals surface area contributed by atoms with E-state index in [0.29, 0.717) is 42.5 Å². The number of nitrogens with zero attached hydrogens (tertiary/aromatic N) is 3. The summed E-state index contributed by atoms with van der Waals surface area (Å²) in [6.45, 7) is 9.86. The van der Waals surface area contributed by atoms with Crippen LogP contribution < -0.4 is 9.64 Å². The van der Waals surface area contributed by atoms with Crippen molar-refractivity contribution in [2.24, 2.45) is 0 Å². The third kappa shape index (κ3) is 6.34. The number of amides is 1. The van der Waals surface area contributed by atoms with Gasteiger partial charge in [0, 0.05) is 31.7 Å². The lowest BCUT2D eigenvalue weighted by molar-refractivity contribution is 0.0240. The van der Waals surface area contributed by atoms with Crippen molar-refractivity contribution in [2.45, 2.75) is 33.3 Å². The molecule has 2 aromatic carbocycles. The van der Waals surface area contributed by atoms with Gasteiger partial charge in [0.15, 0.2) is 5.13 Å². The van der Waals surface area contributed by atoms with Gasteiger partial charge in [0.2, 0.25) is 0 Å². The molecule has 1 aliphatic heterocycles. The van der Waals surface area contributed by atoms with E-state index in [1.165, 1.54) is 11.3 Å². The van der Waals surface area contributed by atoms with Crippen molar-refractivity contribution in [3.05, 3.63) is 59.5 Å². The Balaban J connectivity index is 1.51. The zero-order valence-electron chi connectivity index (χ0n) is 21.0. The zero-order chi connectivity index (χ0) is 25.7. The van der Waals surface area contributed by atoms with Crippen molar-refractivity contribution >= 4 is 28.5 Å². The molecule has 0 radical (unpaired) electrons. The summed E-state index contributed by atoms with van der Waals surface area (Å²) in [5.74, 6) is 1.04. The molecule has 0 N–H and O–H groups in total. The normalized spacial score (nSPS) is 13.9. The molecule has 0 unspecified atom stereocenters. The SMILES string of the molecule is CCOC(=O)c1sc(N2CCN(C(=O)OC(C)(C)C)CC2)nc1-c1ccc(Oc2ccccc2)cc1. The standard InChI is InChI=1S/C27H31N3O5S/c1-5-33-24(31)23-22(19-11-13-21(14-12-19)34-20-9-7-6-8-10-20)28-25(36-23)29-15-17-30(18-16-29)26(32)35-27(2,3)4/h6-14H,5,15-18H2,1-4H3. The van der Waals surface area contributed by atoms with E-state index in [1.54, 1.807) is 11.8 Å². The maximum Gasteiger partial charge on any atom is 0.410 e. The Morgan fingerprint density at radius 3 is 2.19 bits per heavy atom. The van der Waals surface area contributed by atoms with E-state index in [1.807, 2.05) is 75.4 Å². The molecular formula is C27H31N3O5S. The third-order valence-corrected chi connectivity index (χ3v) is 6.48. The van der Waals surface area contributed by atoms with Gasteiger partial charge in [-0.2, -0.15) is 0 Å². The second-order valence-electron chi connectivity index (χ2n) is 9.29. The van der Waals surface area contributed by atoms with Gasteiger partial charge in [-0.1, -0.05) is 29.5 Å². The molecule has 1 fully saturated rings. The number of piperazine rings is 1. The van der Waals surface area contributed by atoms with Gasteiger partial charge in [0.1, 0.15) is 22.0 Å². The number of hydrogen-bond acceptors (Lipinski definition) is 8. The van der Waals surface area contributed by atoms with Crippen LogP contribution in [-0.4, -0.2) is 60.3 Å². The van der Waals surface area contributed by atoms with E-state index in [0.717, 1.165) is 16.4 Å². The summed E-state index contributed by atoms with van der Waals surface area (Å²) in [7, 11) is 0. The number of anilines is 1. The van der Waals surface area contributed by atoms with Gasteiger partial charge in [-0.05, 0) is 64.1 Å². The molecule has 9 heteroatoms. The Hall–Kier alpha value is -3.59. The molecule has 1 amide bonds. The summed E-state index contributed by atoms with van der Waals surface area (Å²) in [6.07, 6.45) is -0.313. The van der Waals surface area contributed by atoms with Crippen LogP contribution in [0.5, 0.6) is 11.5 Å². The largest absolute Gasteiger partial charge is 0.462 e. The first kappa shape index (κ1) is 25.5. The Kier molecular flexibility index (Phi) is 7.79. The van der Waals surface area contributed by atoms with Crippen LogP contribution in [0.1, 0.15) is 37.4 Å². The molecule has 0 aliphatic carbocycles. The van der Waals surface area contributed by atoms with Gasteiger partial charge >= 0.3 is 12.1 Å². The quantitative estimate of drug-likeness (QED) is 0.386. The van der Waals surface area contributed by atoms with Crippen molar-refractivity contribution in [3.63, 3.8) is 0 Å². The van der Waals surface area contributed by atoms with Crippen LogP contribution in [0.4, 0.5) is 9.93 Å². The third-order valence-electron chi connectivity index (χ3n) is 5.39. The second kappa shape index (κ2) is 11.0. The molecule has 1 aromatic heterocycles. The summed E-state index contributed by atoms with van der Waals surface area (Å²) in [5, 5.41) is 0.724. The Bertz CT molecular complexity index is 1180. The first-order chi connectivity index (χ1) is 17.2. The van der Waals surface area contributed by atoms with Gasteiger partial charge in [-0.15, -0.1) is 0 Å². The highest BCUT2D eigenvalue weighted by atomic mass is 32.1. The molecule has 0 atom stereocenters. The number of carbonyl (C=O) groups is 2. The van der Waals surface area contributed by atoms with E-state index >= 15 is 0 Å². The summed E-state index contributed by atoms with van der Waals surface area (Å²) in [5.41, 5.74) is 0.844. The minimum Gasteiger partial charge on any atom is -0.462 e. The van der Waals surface area contributed by atoms with Gasteiger partial charge in [-0.3, -0.25) is 0 Å². The van der Waals surface area contributed by atoms with E-state index < -0.39 is 11.6 Å². The molecule has 190 valence electrons. The van der Waals surface area contributed by atoms with E-state index in [2.05, 4.69) is 4.90 Å². The molecule has 8 nitrogen and oxygen atoms in total. The van der Waals surface area contributed by atoms with Gasteiger partial charge in [0.05, 0.1) is 12.3 Å². The predicted octanol–water partition coefficient (Wildman–Crippen LogP) is 5.84. The van der Waals surface area contributed by atoms with Crippen LogP contribution in [-0.2, 0) is 9.47 Å². The van der Waals surface area contributed by atoms with Crippen molar-refractivity contribution in [3.8, 4) is 22.8 Å². The smallest absolute Gasteiger partial charge is 0.410 e. The molecule has 0 saturated carbocycles. The lowest BCUT2D eigenvalue weighted by atomic mass is 10.1. The van der Waals surface area contributed by atoms with Crippen molar-refractivity contribution in [2.75, 3.05) is 37.7 Å². The van der Waals surface area contributed by atoms with E-state index in [-0.39, 0.29) is 12.7 Å². The summed E-state index contributed by atoms with van der Waals surface area (Å²) in [4.78, 5) is 34.2. The number of thiazole rings is 1. The maximum absolute atomic E-state index is 12.8. The fourth-order valence-electron chi connectivity index (χ4n) is 3.69. The van der Waals surface area contributed by atoms with Crippen molar-refractivity contribution in [1.82, 2.24) is 9.88 Å². The highest BCUT2D eigenvalue weighted by molar-refractivity contribution is 7.17. The average Bonchev–Trinajstić information content (AvgIpc) is 3.30. The van der Waals surface area contributed by atoms with Gasteiger partial charge in [0.25, 0.3) is 0 Å². The van der Waals surface area contributed by atoms with Crippen LogP contribution in [0.25, 0.3) is 11.3 Å². The number of esters is 1. The number of para-hydroxylation sites is 1. The van der Waals surface area contributed by atoms with Crippen molar-refractivity contribution < 1.29 is 23.8 Å². The van der Waals surface area contributed by atoms with Crippen LogP contribution in [0.15, 0.2) is 54.6 Å². The van der Waals surface area contributed by atoms with Crippen molar-refractivity contribution in [1.29, 1.82) is 0 Å². The highest BCUT2D eigenvalue weighted by Crippen LogP contribution is 2.35. The molecule has 3 aromatic rings.